The van der Waals surface area contributed by atoms with E-state index in [0.29, 0.717) is 5.69 Å². The van der Waals surface area contributed by atoms with Crippen molar-refractivity contribution in [3.63, 3.8) is 0 Å². The molecule has 0 aliphatic rings. The number of nitrogens with zero attached hydrogens (tertiary/aromatic N) is 2. The molecule has 1 heterocycles. The van der Waals surface area contributed by atoms with E-state index in [1.54, 1.807) is 24.5 Å². The first kappa shape index (κ1) is 17.0. The molecule has 0 spiro atoms. The Morgan fingerprint density at radius 2 is 1.76 bits per heavy atom. The van der Waals surface area contributed by atoms with Gasteiger partial charge in [0, 0.05) is 7.05 Å². The molecule has 0 unspecified atom stereocenters. The van der Waals surface area contributed by atoms with Gasteiger partial charge in [0.05, 0.1) is 28.7 Å². The fraction of sp³-hybridized carbons (Fsp3) is 0.125. The number of fused-ring (bicyclic) bond motifs is 1. The lowest BCUT2D eigenvalue weighted by Gasteiger charge is -2.16. The van der Waals surface area contributed by atoms with Crippen molar-refractivity contribution in [2.75, 3.05) is 10.6 Å². The molecule has 0 atom stereocenters. The van der Waals surface area contributed by atoms with Gasteiger partial charge in [-0.3, -0.25) is 0 Å². The summed E-state index contributed by atoms with van der Waals surface area (Å²) in [6.07, 6.45) is -3.12. The van der Waals surface area contributed by atoms with Crippen LogP contribution in [0.25, 0.3) is 11.0 Å². The van der Waals surface area contributed by atoms with Crippen LogP contribution in [-0.2, 0) is 7.05 Å². The van der Waals surface area contributed by atoms with Crippen LogP contribution in [-0.4, -0.2) is 21.0 Å². The van der Waals surface area contributed by atoms with Gasteiger partial charge in [-0.2, -0.15) is 0 Å². The molecule has 0 aliphatic carbocycles. The van der Waals surface area contributed by atoms with Crippen molar-refractivity contribution in [2.24, 2.45) is 7.05 Å². The monoisotopic (exact) mass is 366 g/mol. The molecule has 5 nitrogen and oxygen atoms in total. The van der Waals surface area contributed by atoms with E-state index in [1.807, 2.05) is 17.7 Å². The summed E-state index contributed by atoms with van der Waals surface area (Å²) in [6, 6.07) is 11.1. The number of ether oxygens (including phenoxy) is 1. The van der Waals surface area contributed by atoms with Crippen molar-refractivity contribution in [3.8, 4) is 5.75 Å². The van der Waals surface area contributed by atoms with E-state index in [0.717, 1.165) is 11.0 Å². The number of para-hydroxylation sites is 3. The minimum absolute atomic E-state index is 0.106. The van der Waals surface area contributed by atoms with Crippen molar-refractivity contribution in [3.05, 3.63) is 48.8 Å². The molecule has 0 aliphatic heterocycles. The summed E-state index contributed by atoms with van der Waals surface area (Å²) in [7, 11) is 1.84. The highest BCUT2D eigenvalue weighted by Crippen LogP contribution is 2.30. The maximum absolute atomic E-state index is 12.5. The number of thiocarbonyl (C=S) groups is 1. The third-order valence-electron chi connectivity index (χ3n) is 3.35. The van der Waals surface area contributed by atoms with Crippen molar-refractivity contribution in [2.45, 2.75) is 6.36 Å². The lowest BCUT2D eigenvalue weighted by atomic mass is 10.2. The zero-order chi connectivity index (χ0) is 18.0. The number of nitrogens with one attached hydrogen (secondary N) is 2. The van der Waals surface area contributed by atoms with Gasteiger partial charge in [-0.05, 0) is 36.5 Å². The van der Waals surface area contributed by atoms with Crippen molar-refractivity contribution >= 4 is 39.7 Å². The molecule has 2 aromatic carbocycles. The molecule has 0 radical (unpaired) electrons. The van der Waals surface area contributed by atoms with Crippen LogP contribution in [0.4, 0.5) is 24.5 Å². The number of halogens is 3. The van der Waals surface area contributed by atoms with Gasteiger partial charge < -0.3 is 19.9 Å². The molecule has 2 N–H and O–H groups in total. The second-order valence-electron chi connectivity index (χ2n) is 5.15. The zero-order valence-electron chi connectivity index (χ0n) is 13.0. The number of aromatic nitrogens is 2. The molecule has 0 amide bonds. The summed E-state index contributed by atoms with van der Waals surface area (Å²) in [5.74, 6) is -0.363. The molecule has 0 bridgehead atoms. The molecule has 0 saturated heterocycles. The summed E-state index contributed by atoms with van der Waals surface area (Å²) in [4.78, 5) is 4.24. The van der Waals surface area contributed by atoms with Gasteiger partial charge in [-0.25, -0.2) is 4.98 Å². The van der Waals surface area contributed by atoms with Gasteiger partial charge in [0.25, 0.3) is 0 Å². The highest BCUT2D eigenvalue weighted by Gasteiger charge is 2.32. The number of rotatable bonds is 3. The Balaban J connectivity index is 1.80. The Morgan fingerprint density at radius 3 is 2.52 bits per heavy atom. The van der Waals surface area contributed by atoms with Gasteiger partial charge in [-0.1, -0.05) is 18.2 Å². The first-order valence-electron chi connectivity index (χ1n) is 7.16. The first-order valence-corrected chi connectivity index (χ1v) is 7.57. The van der Waals surface area contributed by atoms with Gasteiger partial charge in [0.15, 0.2) is 10.9 Å². The van der Waals surface area contributed by atoms with Crippen LogP contribution in [0, 0.1) is 0 Å². The fourth-order valence-electron chi connectivity index (χ4n) is 2.37. The minimum atomic E-state index is -4.78. The second kappa shape index (κ2) is 6.60. The van der Waals surface area contributed by atoms with Gasteiger partial charge >= 0.3 is 6.36 Å². The number of imidazole rings is 1. The molecule has 0 saturated carbocycles. The average Bonchev–Trinajstić information content (AvgIpc) is 2.90. The maximum atomic E-state index is 12.5. The largest absolute Gasteiger partial charge is 0.573 e. The van der Waals surface area contributed by atoms with Crippen LogP contribution in [0.5, 0.6) is 5.75 Å². The van der Waals surface area contributed by atoms with E-state index in [-0.39, 0.29) is 16.5 Å². The number of benzene rings is 2. The van der Waals surface area contributed by atoms with Crippen LogP contribution in [0.3, 0.4) is 0 Å². The molecular formula is C16H13F3N4OS. The predicted octanol–water partition coefficient (Wildman–Crippen LogP) is 4.28. The van der Waals surface area contributed by atoms with E-state index < -0.39 is 6.36 Å². The molecular weight excluding hydrogens is 353 g/mol. The topological polar surface area (TPSA) is 51.1 Å². The van der Waals surface area contributed by atoms with E-state index >= 15 is 0 Å². The van der Waals surface area contributed by atoms with Crippen LogP contribution in [0.2, 0.25) is 0 Å². The Labute approximate surface area is 146 Å². The van der Waals surface area contributed by atoms with Crippen LogP contribution in [0.1, 0.15) is 0 Å². The van der Waals surface area contributed by atoms with Crippen LogP contribution >= 0.6 is 12.2 Å². The van der Waals surface area contributed by atoms with E-state index in [9.17, 15) is 13.2 Å². The third kappa shape index (κ3) is 4.00. The normalized spacial score (nSPS) is 11.4. The summed E-state index contributed by atoms with van der Waals surface area (Å²) in [5.41, 5.74) is 2.39. The molecule has 1 aromatic heterocycles. The second-order valence-corrected chi connectivity index (χ2v) is 5.56. The van der Waals surface area contributed by atoms with Gasteiger partial charge in [-0.15, -0.1) is 13.2 Å². The molecule has 9 heteroatoms. The van der Waals surface area contributed by atoms with Crippen LogP contribution < -0.4 is 15.4 Å². The lowest BCUT2D eigenvalue weighted by molar-refractivity contribution is -0.274. The first-order chi connectivity index (χ1) is 11.8. The molecule has 3 rings (SSSR count). The quantitative estimate of drug-likeness (QED) is 0.678. The van der Waals surface area contributed by atoms with Crippen molar-refractivity contribution in [1.82, 2.24) is 9.55 Å². The average molecular weight is 366 g/mol. The number of anilines is 2. The highest BCUT2D eigenvalue weighted by atomic mass is 32.1. The summed E-state index contributed by atoms with van der Waals surface area (Å²) >= 11 is 5.21. The van der Waals surface area contributed by atoms with E-state index in [4.69, 9.17) is 12.2 Å². The summed E-state index contributed by atoms with van der Waals surface area (Å²) in [5, 5.41) is 5.83. The summed E-state index contributed by atoms with van der Waals surface area (Å²) < 4.78 is 43.3. The van der Waals surface area contributed by atoms with Crippen molar-refractivity contribution < 1.29 is 17.9 Å². The third-order valence-corrected chi connectivity index (χ3v) is 3.55. The number of alkyl halides is 3. The Morgan fingerprint density at radius 1 is 1.08 bits per heavy atom. The number of aryl methyl sites for hydroxylation is 1. The Hall–Kier alpha value is -2.81. The predicted molar refractivity (Wildman–Crippen MR) is 93.7 cm³/mol. The van der Waals surface area contributed by atoms with Gasteiger partial charge in [0.2, 0.25) is 0 Å². The van der Waals surface area contributed by atoms with Crippen molar-refractivity contribution in [1.29, 1.82) is 0 Å². The highest BCUT2D eigenvalue weighted by molar-refractivity contribution is 7.80. The number of hydrogen-bond donors (Lipinski definition) is 2. The van der Waals surface area contributed by atoms with Crippen LogP contribution in [0.15, 0.2) is 48.8 Å². The number of hydrogen-bond acceptors (Lipinski definition) is 3. The summed E-state index contributed by atoms with van der Waals surface area (Å²) in [6.45, 7) is 0. The molecule has 0 fully saturated rings. The minimum Gasteiger partial charge on any atom is -0.404 e. The smallest absolute Gasteiger partial charge is 0.404 e. The molecule has 3 aromatic rings. The SMILES string of the molecule is Cn1cnc2cccc(NC(=S)Nc3ccccc3OC(F)(F)F)c21. The van der Waals surface area contributed by atoms with E-state index in [2.05, 4.69) is 20.4 Å². The molecule has 25 heavy (non-hydrogen) atoms. The van der Waals surface area contributed by atoms with E-state index in [1.165, 1.54) is 18.2 Å². The Kier molecular flexibility index (Phi) is 4.49. The fourth-order valence-corrected chi connectivity index (χ4v) is 2.59. The zero-order valence-corrected chi connectivity index (χ0v) is 13.8. The Bertz CT molecular complexity index is 923. The van der Waals surface area contributed by atoms with Gasteiger partial charge in [0.1, 0.15) is 0 Å². The lowest BCUT2D eigenvalue weighted by Crippen LogP contribution is -2.22. The molecule has 130 valence electrons. The maximum Gasteiger partial charge on any atom is 0.573 e. The standard InChI is InChI=1S/C16H13F3N4OS/c1-23-9-20-11-6-4-7-12(14(11)23)22-15(25)21-10-5-2-3-8-13(10)24-16(17,18)19/h2-9H,1H3,(H2,21,22,25).